The minimum absolute atomic E-state index is 0.0586. The second-order valence-corrected chi connectivity index (χ2v) is 7.19. The fourth-order valence-corrected chi connectivity index (χ4v) is 4.56. The Bertz CT molecular complexity index is 607. The SMILES string of the molecule is CNC(C)C1CCCCN1S(=O)(=O)c1cc(F)ccc1F. The number of hydrogen-bond donors (Lipinski definition) is 1. The van der Waals surface area contributed by atoms with Crippen molar-refractivity contribution in [3.8, 4) is 0 Å². The van der Waals surface area contributed by atoms with Crippen LogP contribution in [0.2, 0.25) is 0 Å². The van der Waals surface area contributed by atoms with Crippen molar-refractivity contribution >= 4 is 10.0 Å². The van der Waals surface area contributed by atoms with Crippen LogP contribution in [0, 0.1) is 11.6 Å². The highest BCUT2D eigenvalue weighted by molar-refractivity contribution is 7.89. The van der Waals surface area contributed by atoms with E-state index in [0.717, 1.165) is 31.0 Å². The van der Waals surface area contributed by atoms with Gasteiger partial charge in [-0.25, -0.2) is 17.2 Å². The van der Waals surface area contributed by atoms with Gasteiger partial charge in [0.1, 0.15) is 16.5 Å². The van der Waals surface area contributed by atoms with Crippen molar-refractivity contribution < 1.29 is 17.2 Å². The summed E-state index contributed by atoms with van der Waals surface area (Å²) >= 11 is 0. The third-order valence-corrected chi connectivity index (χ3v) is 5.95. The molecule has 0 spiro atoms. The van der Waals surface area contributed by atoms with Crippen LogP contribution in [0.15, 0.2) is 23.1 Å². The van der Waals surface area contributed by atoms with Crippen LogP contribution in [0.3, 0.4) is 0 Å². The Morgan fingerprint density at radius 1 is 1.33 bits per heavy atom. The normalized spacial score (nSPS) is 22.2. The molecule has 2 unspecified atom stereocenters. The van der Waals surface area contributed by atoms with Gasteiger partial charge in [0.05, 0.1) is 0 Å². The van der Waals surface area contributed by atoms with Crippen molar-refractivity contribution in [2.45, 2.75) is 43.2 Å². The minimum atomic E-state index is -4.04. The Kier molecular flexibility index (Phi) is 4.95. The van der Waals surface area contributed by atoms with Crippen LogP contribution in [0.4, 0.5) is 8.78 Å². The minimum Gasteiger partial charge on any atom is -0.316 e. The lowest BCUT2D eigenvalue weighted by molar-refractivity contribution is 0.213. The van der Waals surface area contributed by atoms with Crippen LogP contribution in [0.25, 0.3) is 0 Å². The van der Waals surface area contributed by atoms with E-state index in [2.05, 4.69) is 5.32 Å². The Morgan fingerprint density at radius 3 is 2.71 bits per heavy atom. The van der Waals surface area contributed by atoms with E-state index in [1.165, 1.54) is 4.31 Å². The van der Waals surface area contributed by atoms with Gasteiger partial charge in [0.2, 0.25) is 10.0 Å². The maximum Gasteiger partial charge on any atom is 0.246 e. The molecule has 1 aliphatic heterocycles. The fraction of sp³-hybridized carbons (Fsp3) is 0.571. The standard InChI is InChI=1S/C14H20F2N2O2S/c1-10(17-2)13-5-3-4-8-18(13)21(19,20)14-9-11(15)6-7-12(14)16/h6-7,9-10,13,17H,3-5,8H2,1-2H3. The monoisotopic (exact) mass is 318 g/mol. The number of hydrogen-bond acceptors (Lipinski definition) is 3. The Hall–Kier alpha value is -1.05. The number of nitrogens with zero attached hydrogens (tertiary/aromatic N) is 1. The van der Waals surface area contributed by atoms with Gasteiger partial charge in [-0.1, -0.05) is 6.42 Å². The fourth-order valence-electron chi connectivity index (χ4n) is 2.72. The smallest absolute Gasteiger partial charge is 0.246 e. The summed E-state index contributed by atoms with van der Waals surface area (Å²) in [6.45, 7) is 2.22. The lowest BCUT2D eigenvalue weighted by Crippen LogP contribution is -2.52. The molecule has 1 aromatic rings. The molecule has 0 aliphatic carbocycles. The molecule has 1 heterocycles. The summed E-state index contributed by atoms with van der Waals surface area (Å²) in [7, 11) is -2.28. The lowest BCUT2D eigenvalue weighted by Gasteiger charge is -2.38. The number of likely N-dealkylation sites (N-methyl/N-ethyl adjacent to an activating group) is 1. The van der Waals surface area contributed by atoms with E-state index >= 15 is 0 Å². The maximum atomic E-state index is 13.8. The van der Waals surface area contributed by atoms with Gasteiger partial charge in [-0.3, -0.25) is 0 Å². The second-order valence-electron chi connectivity index (χ2n) is 5.33. The average Bonchev–Trinajstić information content (AvgIpc) is 2.48. The van der Waals surface area contributed by atoms with E-state index < -0.39 is 26.6 Å². The van der Waals surface area contributed by atoms with Gasteiger partial charge in [0, 0.05) is 18.6 Å². The molecule has 2 rings (SSSR count). The molecule has 1 aromatic carbocycles. The summed E-state index contributed by atoms with van der Waals surface area (Å²) in [5.41, 5.74) is 0. The molecular weight excluding hydrogens is 298 g/mol. The Labute approximate surface area is 124 Å². The zero-order chi connectivity index (χ0) is 15.6. The van der Waals surface area contributed by atoms with Crippen LogP contribution in [-0.2, 0) is 10.0 Å². The lowest BCUT2D eigenvalue weighted by atomic mass is 9.99. The molecule has 2 atom stereocenters. The van der Waals surface area contributed by atoms with E-state index in [9.17, 15) is 17.2 Å². The van der Waals surface area contributed by atoms with Crippen molar-refractivity contribution in [2.24, 2.45) is 0 Å². The summed E-state index contributed by atoms with van der Waals surface area (Å²) < 4.78 is 53.8. The van der Waals surface area contributed by atoms with Gasteiger partial charge in [-0.15, -0.1) is 0 Å². The maximum absolute atomic E-state index is 13.8. The number of piperidine rings is 1. The number of nitrogens with one attached hydrogen (secondary N) is 1. The molecule has 21 heavy (non-hydrogen) atoms. The van der Waals surface area contributed by atoms with E-state index in [1.807, 2.05) is 6.92 Å². The van der Waals surface area contributed by atoms with Crippen LogP contribution >= 0.6 is 0 Å². The highest BCUT2D eigenvalue weighted by atomic mass is 32.2. The van der Waals surface area contributed by atoms with E-state index in [1.54, 1.807) is 7.05 Å². The highest BCUT2D eigenvalue weighted by Crippen LogP contribution is 2.28. The molecule has 7 heteroatoms. The van der Waals surface area contributed by atoms with E-state index in [4.69, 9.17) is 0 Å². The number of rotatable bonds is 4. The second kappa shape index (κ2) is 6.37. The molecule has 0 aromatic heterocycles. The molecule has 1 N–H and O–H groups in total. The van der Waals surface area contributed by atoms with Crippen molar-refractivity contribution in [1.29, 1.82) is 0 Å². The zero-order valence-electron chi connectivity index (χ0n) is 12.1. The number of sulfonamides is 1. The Morgan fingerprint density at radius 2 is 2.05 bits per heavy atom. The predicted octanol–water partition coefficient (Wildman–Crippen LogP) is 2.12. The van der Waals surface area contributed by atoms with Crippen molar-refractivity contribution in [2.75, 3.05) is 13.6 Å². The van der Waals surface area contributed by atoms with Gasteiger partial charge in [-0.05, 0) is 45.0 Å². The first-order valence-electron chi connectivity index (χ1n) is 7.02. The van der Waals surface area contributed by atoms with Crippen molar-refractivity contribution in [3.05, 3.63) is 29.8 Å². The summed E-state index contributed by atoms with van der Waals surface area (Å²) in [4.78, 5) is -0.585. The zero-order valence-corrected chi connectivity index (χ0v) is 13.0. The average molecular weight is 318 g/mol. The summed E-state index contributed by atoms with van der Waals surface area (Å²) in [5, 5.41) is 3.04. The molecule has 4 nitrogen and oxygen atoms in total. The van der Waals surface area contributed by atoms with Gasteiger partial charge in [-0.2, -0.15) is 4.31 Å². The van der Waals surface area contributed by atoms with Gasteiger partial charge >= 0.3 is 0 Å². The highest BCUT2D eigenvalue weighted by Gasteiger charge is 2.37. The van der Waals surface area contributed by atoms with Crippen LogP contribution in [-0.4, -0.2) is 38.4 Å². The molecule has 0 radical (unpaired) electrons. The van der Waals surface area contributed by atoms with Gasteiger partial charge in [0.15, 0.2) is 0 Å². The first kappa shape index (κ1) is 16.3. The quantitative estimate of drug-likeness (QED) is 0.925. The summed E-state index contributed by atoms with van der Waals surface area (Å²) in [6, 6.07) is 2.20. The molecule has 1 aliphatic rings. The van der Waals surface area contributed by atoms with E-state index in [-0.39, 0.29) is 12.1 Å². The number of halogens is 2. The van der Waals surface area contributed by atoms with Crippen LogP contribution < -0.4 is 5.32 Å². The first-order valence-corrected chi connectivity index (χ1v) is 8.46. The predicted molar refractivity (Wildman–Crippen MR) is 76.4 cm³/mol. The summed E-state index contributed by atoms with van der Waals surface area (Å²) in [5.74, 6) is -1.68. The van der Waals surface area contributed by atoms with Crippen LogP contribution in [0.1, 0.15) is 26.2 Å². The van der Waals surface area contributed by atoms with Crippen molar-refractivity contribution in [1.82, 2.24) is 9.62 Å². The molecular formula is C14H20F2N2O2S. The molecule has 0 bridgehead atoms. The van der Waals surface area contributed by atoms with Crippen LogP contribution in [0.5, 0.6) is 0 Å². The summed E-state index contributed by atoms with van der Waals surface area (Å²) in [6.07, 6.45) is 2.36. The molecule has 1 fully saturated rings. The van der Waals surface area contributed by atoms with Gasteiger partial charge in [0.25, 0.3) is 0 Å². The molecule has 118 valence electrons. The molecule has 1 saturated heterocycles. The third-order valence-electron chi connectivity index (χ3n) is 4.01. The Balaban J connectivity index is 2.43. The van der Waals surface area contributed by atoms with Crippen molar-refractivity contribution in [3.63, 3.8) is 0 Å². The first-order chi connectivity index (χ1) is 9.87. The van der Waals surface area contributed by atoms with Gasteiger partial charge < -0.3 is 5.32 Å². The molecule has 0 amide bonds. The number of benzene rings is 1. The molecule has 0 saturated carbocycles. The topological polar surface area (TPSA) is 49.4 Å². The van der Waals surface area contributed by atoms with E-state index in [0.29, 0.717) is 13.0 Å². The largest absolute Gasteiger partial charge is 0.316 e. The third kappa shape index (κ3) is 3.25.